The third-order valence-electron chi connectivity index (χ3n) is 5.89. The molecule has 0 bridgehead atoms. The van der Waals surface area contributed by atoms with Crippen molar-refractivity contribution >= 4 is 28.1 Å². The van der Waals surface area contributed by atoms with Crippen molar-refractivity contribution in [2.75, 3.05) is 19.6 Å². The molecule has 0 atom stereocenters. The van der Waals surface area contributed by atoms with Gasteiger partial charge in [0.15, 0.2) is 0 Å². The molecule has 2 aliphatic heterocycles. The number of aryl methyl sites for hydroxylation is 1. The Bertz CT molecular complexity index is 967. The van der Waals surface area contributed by atoms with Crippen LogP contribution in [0.15, 0.2) is 41.9 Å². The number of carbonyl (C=O) groups excluding carboxylic acids is 1. The van der Waals surface area contributed by atoms with Crippen LogP contribution in [-0.4, -0.2) is 46.0 Å². The Labute approximate surface area is 157 Å². The van der Waals surface area contributed by atoms with Crippen LogP contribution in [-0.2, 0) is 31.2 Å². The first-order valence-electron chi connectivity index (χ1n) is 9.29. The van der Waals surface area contributed by atoms with Crippen molar-refractivity contribution in [1.29, 1.82) is 0 Å². The Morgan fingerprint density at radius 2 is 2.08 bits per heavy atom. The molecule has 26 heavy (non-hydrogen) atoms. The van der Waals surface area contributed by atoms with E-state index in [0.29, 0.717) is 12.5 Å². The van der Waals surface area contributed by atoms with E-state index in [9.17, 15) is 4.79 Å². The summed E-state index contributed by atoms with van der Waals surface area (Å²) in [6, 6.07) is 11.1. The Balaban J connectivity index is 1.22. The van der Waals surface area contributed by atoms with E-state index in [0.717, 1.165) is 38.2 Å². The first-order valence-corrected chi connectivity index (χ1v) is 10.2. The van der Waals surface area contributed by atoms with Crippen molar-refractivity contribution in [3.63, 3.8) is 0 Å². The van der Waals surface area contributed by atoms with Crippen LogP contribution < -0.4 is 0 Å². The summed E-state index contributed by atoms with van der Waals surface area (Å²) in [7, 11) is 2.05. The maximum absolute atomic E-state index is 12.7. The second kappa shape index (κ2) is 6.25. The fraction of sp³-hybridized carbons (Fsp3) is 0.381. The van der Waals surface area contributed by atoms with Crippen molar-refractivity contribution in [3.05, 3.63) is 57.9 Å². The van der Waals surface area contributed by atoms with Gasteiger partial charge >= 0.3 is 0 Å². The average Bonchev–Trinajstić information content (AvgIpc) is 3.19. The molecule has 1 fully saturated rings. The molecule has 4 heterocycles. The molecule has 0 spiro atoms. The lowest BCUT2D eigenvalue weighted by atomic mass is 10.0. The van der Waals surface area contributed by atoms with E-state index >= 15 is 0 Å². The van der Waals surface area contributed by atoms with E-state index in [1.165, 1.54) is 16.5 Å². The van der Waals surface area contributed by atoms with Gasteiger partial charge in [0.1, 0.15) is 0 Å². The molecule has 0 unspecified atom stereocenters. The highest BCUT2D eigenvalue weighted by Gasteiger charge is 2.36. The molecule has 4 nitrogen and oxygen atoms in total. The quantitative estimate of drug-likeness (QED) is 0.714. The Kier molecular flexibility index (Phi) is 3.87. The zero-order chi connectivity index (χ0) is 17.7. The van der Waals surface area contributed by atoms with Gasteiger partial charge in [-0.1, -0.05) is 18.2 Å². The van der Waals surface area contributed by atoms with Crippen molar-refractivity contribution in [3.8, 4) is 0 Å². The van der Waals surface area contributed by atoms with E-state index < -0.39 is 0 Å². The van der Waals surface area contributed by atoms with Crippen LogP contribution in [0, 0.1) is 0 Å². The normalized spacial score (nSPS) is 18.1. The summed E-state index contributed by atoms with van der Waals surface area (Å²) in [4.78, 5) is 18.9. The second-order valence-electron chi connectivity index (χ2n) is 7.50. The van der Waals surface area contributed by atoms with Crippen LogP contribution in [0.25, 0.3) is 10.9 Å². The number of aromatic nitrogens is 1. The number of para-hydroxylation sites is 1. The van der Waals surface area contributed by atoms with Crippen molar-refractivity contribution < 1.29 is 4.79 Å². The maximum atomic E-state index is 12.7. The molecule has 1 saturated heterocycles. The van der Waals surface area contributed by atoms with Gasteiger partial charge in [-0.15, -0.1) is 11.3 Å². The second-order valence-corrected chi connectivity index (χ2v) is 8.50. The minimum absolute atomic E-state index is 0.255. The lowest BCUT2D eigenvalue weighted by molar-refractivity contribution is -0.138. The average molecular weight is 366 g/mol. The SMILES string of the molecule is Cn1cc(CC(=O)N2CC(N3CCc4sccc4C3)C2)c2ccccc21. The van der Waals surface area contributed by atoms with Crippen LogP contribution in [0.2, 0.25) is 0 Å². The number of hydrogen-bond donors (Lipinski definition) is 0. The molecule has 5 heteroatoms. The number of hydrogen-bond acceptors (Lipinski definition) is 3. The summed E-state index contributed by atoms with van der Waals surface area (Å²) >= 11 is 1.88. The van der Waals surface area contributed by atoms with Gasteiger partial charge < -0.3 is 9.47 Å². The monoisotopic (exact) mass is 365 g/mol. The third-order valence-corrected chi connectivity index (χ3v) is 6.91. The standard InChI is InChI=1S/C21H23N3OS/c1-22-11-16(18-4-2-3-5-19(18)22)10-21(25)24-13-17(14-24)23-8-6-20-15(12-23)7-9-26-20/h2-5,7,9,11,17H,6,8,10,12-14H2,1H3. The van der Waals surface area contributed by atoms with Crippen molar-refractivity contribution in [2.45, 2.75) is 25.4 Å². The van der Waals surface area contributed by atoms with Crippen LogP contribution in [0.3, 0.4) is 0 Å². The molecule has 1 amide bonds. The van der Waals surface area contributed by atoms with Crippen LogP contribution >= 0.6 is 11.3 Å². The van der Waals surface area contributed by atoms with Crippen LogP contribution in [0.4, 0.5) is 0 Å². The summed E-state index contributed by atoms with van der Waals surface area (Å²) in [5.41, 5.74) is 3.82. The Hall–Kier alpha value is -2.11. The van der Waals surface area contributed by atoms with Gasteiger partial charge in [0.25, 0.3) is 0 Å². The van der Waals surface area contributed by atoms with E-state index in [4.69, 9.17) is 0 Å². The molecule has 0 N–H and O–H groups in total. The Morgan fingerprint density at radius 1 is 1.23 bits per heavy atom. The summed E-state index contributed by atoms with van der Waals surface area (Å²) in [6.07, 6.45) is 3.76. The molecule has 3 aromatic rings. The zero-order valence-corrected chi connectivity index (χ0v) is 15.8. The highest BCUT2D eigenvalue weighted by Crippen LogP contribution is 2.28. The topological polar surface area (TPSA) is 28.5 Å². The highest BCUT2D eigenvalue weighted by atomic mass is 32.1. The number of nitrogens with zero attached hydrogens (tertiary/aromatic N) is 3. The van der Waals surface area contributed by atoms with Gasteiger partial charge in [0.05, 0.1) is 6.42 Å². The predicted molar refractivity (Wildman–Crippen MR) is 105 cm³/mol. The number of amides is 1. The summed E-state index contributed by atoms with van der Waals surface area (Å²) < 4.78 is 2.11. The molecule has 2 aromatic heterocycles. The number of rotatable bonds is 3. The largest absolute Gasteiger partial charge is 0.350 e. The first kappa shape index (κ1) is 16.1. The molecule has 2 aliphatic rings. The fourth-order valence-corrected chi connectivity index (χ4v) is 5.20. The number of benzene rings is 1. The van der Waals surface area contributed by atoms with E-state index in [-0.39, 0.29) is 5.91 Å². The number of thiophene rings is 1. The minimum Gasteiger partial charge on any atom is -0.350 e. The number of likely N-dealkylation sites (tertiary alicyclic amines) is 1. The zero-order valence-electron chi connectivity index (χ0n) is 15.0. The summed E-state index contributed by atoms with van der Waals surface area (Å²) in [6.45, 7) is 3.94. The molecule has 0 aliphatic carbocycles. The molecule has 5 rings (SSSR count). The van der Waals surface area contributed by atoms with Gasteiger partial charge in [0.2, 0.25) is 5.91 Å². The molecule has 134 valence electrons. The van der Waals surface area contributed by atoms with Gasteiger partial charge in [-0.3, -0.25) is 9.69 Å². The third kappa shape index (κ3) is 2.66. The van der Waals surface area contributed by atoms with Crippen LogP contribution in [0.1, 0.15) is 16.0 Å². The van der Waals surface area contributed by atoms with E-state index in [1.807, 2.05) is 35.4 Å². The molecular weight excluding hydrogens is 342 g/mol. The summed E-state index contributed by atoms with van der Waals surface area (Å²) in [5.74, 6) is 0.255. The molecule has 0 radical (unpaired) electrons. The number of fused-ring (bicyclic) bond motifs is 2. The van der Waals surface area contributed by atoms with Gasteiger partial charge in [-0.2, -0.15) is 0 Å². The smallest absolute Gasteiger partial charge is 0.227 e. The summed E-state index contributed by atoms with van der Waals surface area (Å²) in [5, 5.41) is 3.40. The molecule has 0 saturated carbocycles. The number of carbonyl (C=O) groups is 1. The first-order chi connectivity index (χ1) is 12.7. The van der Waals surface area contributed by atoms with E-state index in [2.05, 4.69) is 39.2 Å². The van der Waals surface area contributed by atoms with E-state index in [1.54, 1.807) is 4.88 Å². The van der Waals surface area contributed by atoms with Gasteiger partial charge in [-0.25, -0.2) is 0 Å². The van der Waals surface area contributed by atoms with Crippen LogP contribution in [0.5, 0.6) is 0 Å². The van der Waals surface area contributed by atoms with Gasteiger partial charge in [0, 0.05) is 61.2 Å². The Morgan fingerprint density at radius 3 is 2.96 bits per heavy atom. The molecule has 1 aromatic carbocycles. The maximum Gasteiger partial charge on any atom is 0.227 e. The predicted octanol–water partition coefficient (Wildman–Crippen LogP) is 3.05. The lowest BCUT2D eigenvalue weighted by Crippen LogP contribution is -2.61. The van der Waals surface area contributed by atoms with Gasteiger partial charge in [-0.05, 0) is 35.1 Å². The highest BCUT2D eigenvalue weighted by molar-refractivity contribution is 7.10. The lowest BCUT2D eigenvalue weighted by Gasteiger charge is -2.46. The van der Waals surface area contributed by atoms with Crippen molar-refractivity contribution in [1.82, 2.24) is 14.4 Å². The minimum atomic E-state index is 0.255. The molecular formula is C21H23N3OS. The van der Waals surface area contributed by atoms with Crippen molar-refractivity contribution in [2.24, 2.45) is 7.05 Å². The fourth-order valence-electron chi connectivity index (χ4n) is 4.31.